The van der Waals surface area contributed by atoms with Crippen LogP contribution in [0.5, 0.6) is 17.2 Å². The summed E-state index contributed by atoms with van der Waals surface area (Å²) in [5.41, 5.74) is 0.859. The van der Waals surface area contributed by atoms with Gasteiger partial charge in [-0.3, -0.25) is 0 Å². The molecule has 2 heterocycles. The van der Waals surface area contributed by atoms with Gasteiger partial charge in [0.15, 0.2) is 17.2 Å². The van der Waals surface area contributed by atoms with Crippen LogP contribution in [0.2, 0.25) is 0 Å². The molecule has 0 bridgehead atoms. The van der Waals surface area contributed by atoms with Crippen molar-refractivity contribution >= 4 is 43.5 Å². The van der Waals surface area contributed by atoms with E-state index in [4.69, 9.17) is 24.2 Å². The van der Waals surface area contributed by atoms with Crippen LogP contribution in [0.3, 0.4) is 0 Å². The molecule has 2 aliphatic rings. The van der Waals surface area contributed by atoms with Crippen molar-refractivity contribution in [3.8, 4) is 17.2 Å². The SMILES string of the molecule is COc1c(Br)c(CC2CC(C(=O)O)=NO2)c(Br)c2c1OCO2. The van der Waals surface area contributed by atoms with Gasteiger partial charge in [0.05, 0.1) is 16.1 Å². The molecule has 3 rings (SSSR count). The Bertz CT molecular complexity index is 675. The molecule has 1 aromatic carbocycles. The first kappa shape index (κ1) is 15.4. The van der Waals surface area contributed by atoms with Crippen LogP contribution in [0, 0.1) is 0 Å². The number of hydrogen-bond acceptors (Lipinski definition) is 6. The zero-order valence-corrected chi connectivity index (χ0v) is 14.6. The standard InChI is InChI=1S/C13H11Br2NO6/c1-19-10-8(14)6(9(15)11-12(10)21-4-20-11)2-5-3-7(13(17)18)16-22-5/h5H,2-4H2,1H3,(H,17,18). The first-order valence-electron chi connectivity index (χ1n) is 6.32. The number of oxime groups is 1. The normalized spacial score (nSPS) is 18.9. The Morgan fingerprint density at radius 3 is 2.73 bits per heavy atom. The fourth-order valence-corrected chi connectivity index (χ4v) is 3.96. The smallest absolute Gasteiger partial charge is 0.353 e. The van der Waals surface area contributed by atoms with Gasteiger partial charge in [-0.25, -0.2) is 4.79 Å². The number of benzene rings is 1. The summed E-state index contributed by atoms with van der Waals surface area (Å²) in [7, 11) is 1.54. The first-order valence-corrected chi connectivity index (χ1v) is 7.91. The Balaban J connectivity index is 1.90. The molecule has 118 valence electrons. The number of carboxylic acid groups (broad SMARTS) is 1. The van der Waals surface area contributed by atoms with Crippen molar-refractivity contribution in [1.29, 1.82) is 0 Å². The topological polar surface area (TPSA) is 86.6 Å². The second kappa shape index (κ2) is 5.96. The van der Waals surface area contributed by atoms with Crippen LogP contribution in [0.25, 0.3) is 0 Å². The third-order valence-electron chi connectivity index (χ3n) is 3.36. The quantitative estimate of drug-likeness (QED) is 0.780. The maximum Gasteiger partial charge on any atom is 0.353 e. The highest BCUT2D eigenvalue weighted by atomic mass is 79.9. The molecule has 1 atom stereocenters. The summed E-state index contributed by atoms with van der Waals surface area (Å²) in [4.78, 5) is 16.1. The molecular weight excluding hydrogens is 426 g/mol. The van der Waals surface area contributed by atoms with Crippen molar-refractivity contribution < 1.29 is 28.9 Å². The van der Waals surface area contributed by atoms with Crippen molar-refractivity contribution in [3.05, 3.63) is 14.5 Å². The van der Waals surface area contributed by atoms with Crippen LogP contribution in [0.15, 0.2) is 14.1 Å². The van der Waals surface area contributed by atoms with E-state index >= 15 is 0 Å². The molecule has 0 radical (unpaired) electrons. The van der Waals surface area contributed by atoms with Gasteiger partial charge in [-0.1, -0.05) is 5.16 Å². The Hall–Kier alpha value is -1.48. The highest BCUT2D eigenvalue weighted by molar-refractivity contribution is 9.11. The molecule has 0 aromatic heterocycles. The number of ether oxygens (including phenoxy) is 3. The summed E-state index contributed by atoms with van der Waals surface area (Å²) < 4.78 is 17.7. The molecule has 9 heteroatoms. The molecule has 1 unspecified atom stereocenters. The zero-order valence-electron chi connectivity index (χ0n) is 11.4. The lowest BCUT2D eigenvalue weighted by atomic mass is 10.0. The Morgan fingerprint density at radius 2 is 2.09 bits per heavy atom. The molecule has 1 aromatic rings. The molecule has 7 nitrogen and oxygen atoms in total. The minimum absolute atomic E-state index is 0.0185. The highest BCUT2D eigenvalue weighted by Crippen LogP contribution is 2.52. The Labute approximate surface area is 142 Å². The number of fused-ring (bicyclic) bond motifs is 1. The number of carbonyl (C=O) groups is 1. The highest BCUT2D eigenvalue weighted by Gasteiger charge is 2.32. The van der Waals surface area contributed by atoms with Gasteiger partial charge in [-0.15, -0.1) is 0 Å². The van der Waals surface area contributed by atoms with Crippen molar-refractivity contribution in [1.82, 2.24) is 0 Å². The van der Waals surface area contributed by atoms with Crippen LogP contribution in [-0.4, -0.2) is 36.8 Å². The van der Waals surface area contributed by atoms with Crippen molar-refractivity contribution in [3.63, 3.8) is 0 Å². The van der Waals surface area contributed by atoms with E-state index in [2.05, 4.69) is 37.0 Å². The van der Waals surface area contributed by atoms with E-state index in [-0.39, 0.29) is 25.0 Å². The molecule has 0 amide bonds. The molecular formula is C13H11Br2NO6. The number of carboxylic acids is 1. The predicted octanol–water partition coefficient (Wildman–Crippen LogP) is 2.72. The van der Waals surface area contributed by atoms with Crippen LogP contribution in [0.4, 0.5) is 0 Å². The van der Waals surface area contributed by atoms with E-state index in [1.54, 1.807) is 0 Å². The van der Waals surface area contributed by atoms with Crippen molar-refractivity contribution in [2.45, 2.75) is 18.9 Å². The summed E-state index contributed by atoms with van der Waals surface area (Å²) in [6.45, 7) is 0.117. The van der Waals surface area contributed by atoms with Crippen LogP contribution < -0.4 is 14.2 Å². The minimum atomic E-state index is -1.07. The van der Waals surface area contributed by atoms with E-state index in [1.165, 1.54) is 7.11 Å². The van der Waals surface area contributed by atoms with Gasteiger partial charge in [-0.05, 0) is 37.4 Å². The number of methoxy groups -OCH3 is 1. The van der Waals surface area contributed by atoms with Gasteiger partial charge in [-0.2, -0.15) is 0 Å². The van der Waals surface area contributed by atoms with Crippen LogP contribution >= 0.6 is 31.9 Å². The molecule has 22 heavy (non-hydrogen) atoms. The number of hydrogen-bond donors (Lipinski definition) is 1. The number of halogens is 2. The minimum Gasteiger partial charge on any atom is -0.492 e. The molecule has 1 N–H and O–H groups in total. The maximum atomic E-state index is 10.9. The molecule has 0 aliphatic carbocycles. The summed E-state index contributed by atoms with van der Waals surface area (Å²) in [6, 6.07) is 0. The number of aliphatic carboxylic acids is 1. The van der Waals surface area contributed by atoms with Gasteiger partial charge < -0.3 is 24.2 Å². The predicted molar refractivity (Wildman–Crippen MR) is 82.8 cm³/mol. The fraction of sp³-hybridized carbons (Fsp3) is 0.385. The lowest BCUT2D eigenvalue weighted by molar-refractivity contribution is -0.129. The van der Waals surface area contributed by atoms with Crippen LogP contribution in [-0.2, 0) is 16.1 Å². The third-order valence-corrected chi connectivity index (χ3v) is 5.04. The van der Waals surface area contributed by atoms with Gasteiger partial charge in [0, 0.05) is 12.8 Å². The molecule has 0 saturated heterocycles. The lowest BCUT2D eigenvalue weighted by Gasteiger charge is -2.16. The Morgan fingerprint density at radius 1 is 1.36 bits per heavy atom. The zero-order chi connectivity index (χ0) is 15.9. The first-order chi connectivity index (χ1) is 10.5. The van der Waals surface area contributed by atoms with E-state index in [1.807, 2.05) is 0 Å². The van der Waals surface area contributed by atoms with Crippen LogP contribution in [0.1, 0.15) is 12.0 Å². The Kier molecular flexibility index (Phi) is 4.18. The molecule has 0 spiro atoms. The van der Waals surface area contributed by atoms with Gasteiger partial charge in [0.2, 0.25) is 12.5 Å². The fourth-order valence-electron chi connectivity index (χ4n) is 2.33. The number of nitrogens with zero attached hydrogens (tertiary/aromatic N) is 1. The van der Waals surface area contributed by atoms with Gasteiger partial charge in [0.1, 0.15) is 6.10 Å². The second-order valence-electron chi connectivity index (χ2n) is 4.68. The van der Waals surface area contributed by atoms with Crippen molar-refractivity contribution in [2.24, 2.45) is 5.16 Å². The maximum absolute atomic E-state index is 10.9. The largest absolute Gasteiger partial charge is 0.492 e. The van der Waals surface area contributed by atoms with E-state index < -0.39 is 5.97 Å². The average Bonchev–Trinajstić information content (AvgIpc) is 3.13. The summed E-state index contributed by atoms with van der Waals surface area (Å²) in [5, 5.41) is 12.5. The van der Waals surface area contributed by atoms with Crippen molar-refractivity contribution in [2.75, 3.05) is 13.9 Å². The van der Waals surface area contributed by atoms with E-state index in [9.17, 15) is 4.79 Å². The molecule has 0 fully saturated rings. The van der Waals surface area contributed by atoms with E-state index in [0.29, 0.717) is 28.1 Å². The van der Waals surface area contributed by atoms with Gasteiger partial charge in [0.25, 0.3) is 0 Å². The monoisotopic (exact) mass is 435 g/mol. The lowest BCUT2D eigenvalue weighted by Crippen LogP contribution is -2.16. The summed E-state index contributed by atoms with van der Waals surface area (Å²) in [5.74, 6) is 0.555. The van der Waals surface area contributed by atoms with Gasteiger partial charge >= 0.3 is 5.97 Å². The summed E-state index contributed by atoms with van der Waals surface area (Å²) >= 11 is 7.00. The average molecular weight is 437 g/mol. The number of rotatable bonds is 4. The third kappa shape index (κ3) is 2.52. The second-order valence-corrected chi connectivity index (χ2v) is 6.27. The van der Waals surface area contributed by atoms with E-state index in [0.717, 1.165) is 10.0 Å². The summed E-state index contributed by atoms with van der Waals surface area (Å²) in [6.07, 6.45) is 0.322. The molecule has 2 aliphatic heterocycles. The molecule has 0 saturated carbocycles.